The Balaban J connectivity index is 1.62. The second kappa shape index (κ2) is 10.4. The molecule has 0 bridgehead atoms. The average Bonchev–Trinajstić information content (AvgIpc) is 3.54. The third kappa shape index (κ3) is 4.88. The summed E-state index contributed by atoms with van der Waals surface area (Å²) in [4.78, 5) is 28.2. The Bertz CT molecular complexity index is 1610. The molecule has 3 heterocycles. The predicted octanol–water partition coefficient (Wildman–Crippen LogP) is 3.15. The minimum absolute atomic E-state index is 0.0889. The number of thiazole rings is 2. The third-order valence-corrected chi connectivity index (χ3v) is 9.14. The van der Waals surface area contributed by atoms with E-state index in [0.29, 0.717) is 11.1 Å². The highest BCUT2D eigenvalue weighted by molar-refractivity contribution is 8.08. The number of carbonyl (C=O) groups is 1. The fraction of sp³-hybridized carbons (Fsp3) is 0.192. The molecule has 0 aliphatic carbocycles. The van der Waals surface area contributed by atoms with Crippen LogP contribution in [0.1, 0.15) is 17.0 Å². The molecule has 0 N–H and O–H groups in total. The van der Waals surface area contributed by atoms with E-state index in [-0.39, 0.29) is 30.3 Å². The van der Waals surface area contributed by atoms with Gasteiger partial charge in [0.25, 0.3) is 10.6 Å². The van der Waals surface area contributed by atoms with Crippen LogP contribution in [0.5, 0.6) is 0 Å². The molecule has 0 spiro atoms. The second-order valence-electron chi connectivity index (χ2n) is 8.13. The van der Waals surface area contributed by atoms with Crippen molar-refractivity contribution in [1.29, 1.82) is 0 Å². The van der Waals surface area contributed by atoms with Crippen molar-refractivity contribution < 1.29 is 18.5 Å². The number of hydrogen-bond donors (Lipinski definition) is 0. The van der Waals surface area contributed by atoms with Crippen LogP contribution in [0.3, 0.4) is 0 Å². The van der Waals surface area contributed by atoms with E-state index in [1.54, 1.807) is 22.0 Å². The van der Waals surface area contributed by atoms with Crippen molar-refractivity contribution in [1.82, 2.24) is 4.57 Å². The van der Waals surface area contributed by atoms with Gasteiger partial charge >= 0.3 is 5.97 Å². The molecule has 10 heteroatoms. The molecule has 2 aromatic heterocycles. The van der Waals surface area contributed by atoms with Crippen molar-refractivity contribution in [2.45, 2.75) is 24.4 Å². The van der Waals surface area contributed by atoms with Crippen molar-refractivity contribution in [2.24, 2.45) is 0 Å². The molecule has 2 aromatic carbocycles. The van der Waals surface area contributed by atoms with Gasteiger partial charge in [-0.3, -0.25) is 14.2 Å². The first-order valence-corrected chi connectivity index (χ1v) is 13.7. The summed E-state index contributed by atoms with van der Waals surface area (Å²) < 4.78 is 23.7. The SMILES string of the molecule is COC(=O)CCn1c(=O)/c(=C2\Sc3cc(F)ccc3N2C)s/c1=C\c1scc[n+]1Cc1ccccc1. The molecule has 0 atom stereocenters. The molecule has 6 nitrogen and oxygen atoms in total. The van der Waals surface area contributed by atoms with Gasteiger partial charge in [-0.2, -0.15) is 4.57 Å². The average molecular weight is 541 g/mol. The number of esters is 1. The lowest BCUT2D eigenvalue weighted by Crippen LogP contribution is -2.36. The number of aromatic nitrogens is 2. The summed E-state index contributed by atoms with van der Waals surface area (Å²) in [5, 5.41) is 3.75. The zero-order valence-corrected chi connectivity index (χ0v) is 22.1. The Hall–Kier alpha value is -3.21. The van der Waals surface area contributed by atoms with Crippen LogP contribution in [0.15, 0.2) is 69.8 Å². The number of hydrogen-bond acceptors (Lipinski definition) is 7. The van der Waals surface area contributed by atoms with Crippen LogP contribution < -0.4 is 24.2 Å². The van der Waals surface area contributed by atoms with Gasteiger partial charge in [0.1, 0.15) is 20.0 Å². The zero-order chi connectivity index (χ0) is 25.2. The fourth-order valence-electron chi connectivity index (χ4n) is 3.96. The van der Waals surface area contributed by atoms with E-state index in [2.05, 4.69) is 16.7 Å². The highest BCUT2D eigenvalue weighted by Crippen LogP contribution is 2.45. The van der Waals surface area contributed by atoms with E-state index in [9.17, 15) is 14.0 Å². The van der Waals surface area contributed by atoms with Gasteiger partial charge in [-0.1, -0.05) is 53.4 Å². The molecule has 0 radical (unpaired) electrons. The summed E-state index contributed by atoms with van der Waals surface area (Å²) in [6, 6.07) is 14.8. The van der Waals surface area contributed by atoms with Gasteiger partial charge in [0, 0.05) is 24.1 Å². The molecule has 1 aliphatic rings. The smallest absolute Gasteiger partial charge is 0.307 e. The van der Waals surface area contributed by atoms with E-state index < -0.39 is 0 Å². The lowest BCUT2D eigenvalue weighted by molar-refractivity contribution is -0.685. The zero-order valence-electron chi connectivity index (χ0n) is 19.6. The topological polar surface area (TPSA) is 55.4 Å². The van der Waals surface area contributed by atoms with Gasteiger partial charge < -0.3 is 9.64 Å². The molecule has 0 saturated heterocycles. The molecule has 5 rings (SSSR count). The van der Waals surface area contributed by atoms with E-state index in [1.807, 2.05) is 47.8 Å². The minimum Gasteiger partial charge on any atom is -0.469 e. The van der Waals surface area contributed by atoms with Gasteiger partial charge in [-0.15, -0.1) is 11.3 Å². The predicted molar refractivity (Wildman–Crippen MR) is 142 cm³/mol. The molecule has 0 amide bonds. The number of nitrogens with zero attached hydrogens (tertiary/aromatic N) is 3. The minimum atomic E-state index is -0.376. The van der Waals surface area contributed by atoms with Crippen LogP contribution in [0.2, 0.25) is 0 Å². The quantitative estimate of drug-likeness (QED) is 0.278. The first-order valence-electron chi connectivity index (χ1n) is 11.2. The number of benzene rings is 2. The Morgan fingerprint density at radius 1 is 1.19 bits per heavy atom. The van der Waals surface area contributed by atoms with E-state index in [0.717, 1.165) is 25.3 Å². The second-order valence-corrected chi connectivity index (χ2v) is 11.1. The van der Waals surface area contributed by atoms with Crippen LogP contribution in [-0.2, 0) is 22.6 Å². The molecular formula is C26H23FN3O3S3+. The molecule has 0 saturated carbocycles. The largest absolute Gasteiger partial charge is 0.469 e. The molecule has 0 fully saturated rings. The van der Waals surface area contributed by atoms with Crippen molar-refractivity contribution in [2.75, 3.05) is 19.1 Å². The standard InChI is InChI=1S/C26H23FN3O3S3/c1-28-19-9-8-18(27)14-20(19)35-26(28)24-25(32)30(11-10-23(31)33-2)22(36-24)15-21-29(12-13-34-21)16-17-6-4-3-5-7-17/h3-9,12-15H,10-11,16H2,1-2H3/q+1/b26-24+. The molecule has 4 aromatic rings. The van der Waals surface area contributed by atoms with E-state index in [1.165, 1.54) is 47.9 Å². The fourth-order valence-corrected chi connectivity index (χ4v) is 7.26. The van der Waals surface area contributed by atoms with Crippen LogP contribution >= 0.6 is 34.4 Å². The van der Waals surface area contributed by atoms with E-state index >= 15 is 0 Å². The Morgan fingerprint density at radius 2 is 2.00 bits per heavy atom. The van der Waals surface area contributed by atoms with Crippen molar-refractivity contribution >= 4 is 57.2 Å². The number of ether oxygens (including phenoxy) is 1. The molecule has 36 heavy (non-hydrogen) atoms. The van der Waals surface area contributed by atoms with Crippen molar-refractivity contribution in [3.05, 3.63) is 96.0 Å². The summed E-state index contributed by atoms with van der Waals surface area (Å²) in [5.74, 6) is -0.689. The van der Waals surface area contributed by atoms with Crippen LogP contribution in [0.4, 0.5) is 10.1 Å². The third-order valence-electron chi connectivity index (χ3n) is 5.82. The summed E-state index contributed by atoms with van der Waals surface area (Å²) in [6.07, 6.45) is 4.11. The monoisotopic (exact) mass is 540 g/mol. The Labute approximate surface area is 219 Å². The number of rotatable bonds is 6. The number of anilines is 1. The number of thioether (sulfide) groups is 1. The molecule has 0 unspecified atom stereocenters. The van der Waals surface area contributed by atoms with Gasteiger partial charge in [-0.25, -0.2) is 4.39 Å². The number of methoxy groups -OCH3 is 1. The lowest BCUT2D eigenvalue weighted by Gasteiger charge is -2.12. The van der Waals surface area contributed by atoms with Gasteiger partial charge in [0.2, 0.25) is 0 Å². The molecular weight excluding hydrogens is 518 g/mol. The highest BCUT2D eigenvalue weighted by Gasteiger charge is 2.25. The highest BCUT2D eigenvalue weighted by atomic mass is 32.2. The number of carbonyl (C=O) groups excluding carboxylic acids is 1. The lowest BCUT2D eigenvalue weighted by atomic mass is 10.2. The van der Waals surface area contributed by atoms with Crippen LogP contribution in [0.25, 0.3) is 11.1 Å². The summed E-state index contributed by atoms with van der Waals surface area (Å²) >= 11 is 4.34. The van der Waals surface area contributed by atoms with Crippen LogP contribution in [-0.4, -0.2) is 24.7 Å². The van der Waals surface area contributed by atoms with E-state index in [4.69, 9.17) is 4.74 Å². The first-order chi connectivity index (χ1) is 17.4. The normalized spacial score (nSPS) is 14.9. The van der Waals surface area contributed by atoms with Gasteiger partial charge in [0.05, 0.1) is 30.7 Å². The Kier molecular flexibility index (Phi) is 7.08. The van der Waals surface area contributed by atoms with Gasteiger partial charge in [-0.05, 0) is 18.2 Å². The summed E-state index contributed by atoms with van der Waals surface area (Å²) in [7, 11) is 3.21. The maximum absolute atomic E-state index is 13.8. The van der Waals surface area contributed by atoms with Crippen molar-refractivity contribution in [3.63, 3.8) is 0 Å². The maximum Gasteiger partial charge on any atom is 0.307 e. The maximum atomic E-state index is 13.8. The van der Waals surface area contributed by atoms with Crippen molar-refractivity contribution in [3.8, 4) is 0 Å². The summed E-state index contributed by atoms with van der Waals surface area (Å²) in [6.45, 7) is 0.915. The number of fused-ring (bicyclic) bond motifs is 1. The first kappa shape index (κ1) is 24.5. The Morgan fingerprint density at radius 3 is 2.78 bits per heavy atom. The van der Waals surface area contributed by atoms with Gasteiger partial charge in [0.15, 0.2) is 12.7 Å². The van der Waals surface area contributed by atoms with Crippen LogP contribution in [0, 0.1) is 5.82 Å². The number of halogens is 1. The molecule has 1 aliphatic heterocycles. The summed E-state index contributed by atoms with van der Waals surface area (Å²) in [5.41, 5.74) is 1.86. The molecule has 184 valence electrons.